The second-order valence-electron chi connectivity index (χ2n) is 4.98. The lowest BCUT2D eigenvalue weighted by atomic mass is 10.1. The largest absolute Gasteiger partial charge is 0.398 e. The van der Waals surface area contributed by atoms with E-state index in [2.05, 4.69) is 15.9 Å². The first-order valence-corrected chi connectivity index (χ1v) is 7.36. The van der Waals surface area contributed by atoms with Crippen molar-refractivity contribution in [3.8, 4) is 0 Å². The summed E-state index contributed by atoms with van der Waals surface area (Å²) in [7, 11) is 1.62. The molecule has 0 saturated carbocycles. The Bertz CT molecular complexity index is 527. The predicted molar refractivity (Wildman–Crippen MR) is 81.3 cm³/mol. The number of likely N-dealkylation sites (tertiary alicyclic amines) is 1. The van der Waals surface area contributed by atoms with Crippen molar-refractivity contribution >= 4 is 33.4 Å². The van der Waals surface area contributed by atoms with E-state index in [-0.39, 0.29) is 18.4 Å². The number of hydrogen-bond acceptors (Lipinski definition) is 3. The SMILES string of the molecule is CN(CC(=O)N1CCCC1)C(=O)c1cc(Br)ccc1N. The Hall–Kier alpha value is -1.56. The molecule has 5 nitrogen and oxygen atoms in total. The minimum atomic E-state index is -0.239. The van der Waals surface area contributed by atoms with Crippen molar-refractivity contribution in [3.63, 3.8) is 0 Å². The Morgan fingerprint density at radius 3 is 2.65 bits per heavy atom. The Labute approximate surface area is 126 Å². The molecule has 1 saturated heterocycles. The van der Waals surface area contributed by atoms with Crippen molar-refractivity contribution in [3.05, 3.63) is 28.2 Å². The summed E-state index contributed by atoms with van der Waals surface area (Å²) in [5.41, 5.74) is 6.65. The number of nitrogens with zero attached hydrogens (tertiary/aromatic N) is 2. The maximum absolute atomic E-state index is 12.3. The van der Waals surface area contributed by atoms with Crippen LogP contribution in [0, 0.1) is 0 Å². The molecule has 20 heavy (non-hydrogen) atoms. The molecule has 108 valence electrons. The summed E-state index contributed by atoms with van der Waals surface area (Å²) in [6, 6.07) is 5.13. The quantitative estimate of drug-likeness (QED) is 0.852. The Kier molecular flexibility index (Phi) is 4.65. The zero-order valence-electron chi connectivity index (χ0n) is 11.4. The van der Waals surface area contributed by atoms with Gasteiger partial charge in [0, 0.05) is 30.3 Å². The van der Waals surface area contributed by atoms with Crippen LogP contribution in [0.5, 0.6) is 0 Å². The van der Waals surface area contributed by atoms with Gasteiger partial charge >= 0.3 is 0 Å². The summed E-state index contributed by atoms with van der Waals surface area (Å²) in [4.78, 5) is 27.6. The van der Waals surface area contributed by atoms with Gasteiger partial charge in [-0.05, 0) is 31.0 Å². The number of nitrogens with two attached hydrogens (primary N) is 1. The van der Waals surface area contributed by atoms with E-state index < -0.39 is 0 Å². The minimum absolute atomic E-state index is 0.00748. The fourth-order valence-electron chi connectivity index (χ4n) is 2.26. The maximum atomic E-state index is 12.3. The van der Waals surface area contributed by atoms with E-state index in [1.54, 1.807) is 30.1 Å². The van der Waals surface area contributed by atoms with Gasteiger partial charge in [-0.15, -0.1) is 0 Å². The number of carbonyl (C=O) groups excluding carboxylic acids is 2. The third-order valence-corrected chi connectivity index (χ3v) is 3.92. The molecule has 2 rings (SSSR count). The molecule has 1 fully saturated rings. The van der Waals surface area contributed by atoms with Crippen molar-refractivity contribution < 1.29 is 9.59 Å². The van der Waals surface area contributed by atoms with Gasteiger partial charge in [-0.3, -0.25) is 9.59 Å². The average Bonchev–Trinajstić information content (AvgIpc) is 2.94. The number of rotatable bonds is 3. The summed E-state index contributed by atoms with van der Waals surface area (Å²) in [6.45, 7) is 1.67. The summed E-state index contributed by atoms with van der Waals surface area (Å²) in [5.74, 6) is -0.247. The number of likely N-dealkylation sites (N-methyl/N-ethyl adjacent to an activating group) is 1. The lowest BCUT2D eigenvalue weighted by Crippen LogP contribution is -2.40. The molecule has 1 aliphatic rings. The number of hydrogen-bond donors (Lipinski definition) is 1. The molecule has 2 amide bonds. The van der Waals surface area contributed by atoms with Crippen LogP contribution in [-0.4, -0.2) is 48.3 Å². The van der Waals surface area contributed by atoms with Crippen LogP contribution in [0.2, 0.25) is 0 Å². The van der Waals surface area contributed by atoms with E-state index in [1.807, 2.05) is 0 Å². The van der Waals surface area contributed by atoms with E-state index in [0.29, 0.717) is 11.3 Å². The lowest BCUT2D eigenvalue weighted by Gasteiger charge is -2.22. The molecular weight excluding hydrogens is 322 g/mol. The molecule has 6 heteroatoms. The molecule has 1 aromatic carbocycles. The van der Waals surface area contributed by atoms with Crippen molar-refractivity contribution in [1.29, 1.82) is 0 Å². The molecule has 1 aromatic rings. The van der Waals surface area contributed by atoms with Crippen LogP contribution in [0.15, 0.2) is 22.7 Å². The van der Waals surface area contributed by atoms with Crippen LogP contribution >= 0.6 is 15.9 Å². The summed E-state index contributed by atoms with van der Waals surface area (Å²) in [5, 5.41) is 0. The van der Waals surface area contributed by atoms with Crippen molar-refractivity contribution in [1.82, 2.24) is 9.80 Å². The normalized spacial score (nSPS) is 14.4. The smallest absolute Gasteiger partial charge is 0.256 e. The first-order valence-electron chi connectivity index (χ1n) is 6.57. The predicted octanol–water partition coefficient (Wildman–Crippen LogP) is 1.73. The summed E-state index contributed by atoms with van der Waals surface area (Å²) in [6.07, 6.45) is 2.09. The Morgan fingerprint density at radius 2 is 2.00 bits per heavy atom. The highest BCUT2D eigenvalue weighted by atomic mass is 79.9. The molecule has 2 N–H and O–H groups in total. The molecular formula is C14H18BrN3O2. The third kappa shape index (κ3) is 3.30. The number of amides is 2. The molecule has 0 unspecified atom stereocenters. The van der Waals surface area contributed by atoms with Gasteiger partial charge in [-0.25, -0.2) is 0 Å². The van der Waals surface area contributed by atoms with Crippen LogP contribution < -0.4 is 5.73 Å². The minimum Gasteiger partial charge on any atom is -0.398 e. The second kappa shape index (κ2) is 6.26. The van der Waals surface area contributed by atoms with Gasteiger partial charge in [0.2, 0.25) is 5.91 Å². The van der Waals surface area contributed by atoms with Crippen LogP contribution in [0.25, 0.3) is 0 Å². The Morgan fingerprint density at radius 1 is 1.35 bits per heavy atom. The number of nitrogen functional groups attached to an aromatic ring is 1. The van der Waals surface area contributed by atoms with E-state index in [1.165, 1.54) is 4.90 Å². The van der Waals surface area contributed by atoms with Gasteiger partial charge in [0.25, 0.3) is 5.91 Å². The third-order valence-electron chi connectivity index (χ3n) is 3.42. The molecule has 0 radical (unpaired) electrons. The molecule has 0 atom stereocenters. The van der Waals surface area contributed by atoms with E-state index in [4.69, 9.17) is 5.73 Å². The number of halogens is 1. The first-order chi connectivity index (χ1) is 9.49. The molecule has 0 aliphatic carbocycles. The van der Waals surface area contributed by atoms with Crippen LogP contribution in [0.3, 0.4) is 0 Å². The lowest BCUT2D eigenvalue weighted by molar-refractivity contribution is -0.130. The highest BCUT2D eigenvalue weighted by Gasteiger charge is 2.22. The summed E-state index contributed by atoms with van der Waals surface area (Å²) < 4.78 is 0.786. The second-order valence-corrected chi connectivity index (χ2v) is 5.90. The summed E-state index contributed by atoms with van der Waals surface area (Å²) >= 11 is 3.32. The molecule has 0 aromatic heterocycles. The van der Waals surface area contributed by atoms with Gasteiger partial charge in [0.15, 0.2) is 0 Å². The molecule has 0 bridgehead atoms. The molecule has 1 heterocycles. The zero-order valence-corrected chi connectivity index (χ0v) is 13.0. The Balaban J connectivity index is 2.04. The van der Waals surface area contributed by atoms with Gasteiger partial charge in [-0.1, -0.05) is 15.9 Å². The van der Waals surface area contributed by atoms with Gasteiger partial charge in [-0.2, -0.15) is 0 Å². The first kappa shape index (κ1) is 14.8. The van der Waals surface area contributed by atoms with E-state index in [0.717, 1.165) is 30.4 Å². The monoisotopic (exact) mass is 339 g/mol. The van der Waals surface area contributed by atoms with Crippen LogP contribution in [-0.2, 0) is 4.79 Å². The maximum Gasteiger partial charge on any atom is 0.256 e. The fraction of sp³-hybridized carbons (Fsp3) is 0.429. The van der Waals surface area contributed by atoms with E-state index >= 15 is 0 Å². The average molecular weight is 340 g/mol. The topological polar surface area (TPSA) is 66.6 Å². The van der Waals surface area contributed by atoms with E-state index in [9.17, 15) is 9.59 Å². The highest BCUT2D eigenvalue weighted by molar-refractivity contribution is 9.10. The number of carbonyl (C=O) groups is 2. The molecule has 0 spiro atoms. The van der Waals surface area contributed by atoms with Gasteiger partial charge in [0.05, 0.1) is 12.1 Å². The molecule has 1 aliphatic heterocycles. The zero-order chi connectivity index (χ0) is 14.7. The highest BCUT2D eigenvalue weighted by Crippen LogP contribution is 2.20. The van der Waals surface area contributed by atoms with Crippen molar-refractivity contribution in [2.45, 2.75) is 12.8 Å². The standard InChI is InChI=1S/C14H18BrN3O2/c1-17(9-13(19)18-6-2-3-7-18)14(20)11-8-10(15)4-5-12(11)16/h4-5,8H,2-3,6-7,9,16H2,1H3. The van der Waals surface area contributed by atoms with Crippen LogP contribution in [0.4, 0.5) is 5.69 Å². The van der Waals surface area contributed by atoms with Crippen molar-refractivity contribution in [2.24, 2.45) is 0 Å². The van der Waals surface area contributed by atoms with Crippen molar-refractivity contribution in [2.75, 3.05) is 32.4 Å². The number of benzene rings is 1. The van der Waals surface area contributed by atoms with Gasteiger partial charge < -0.3 is 15.5 Å². The fourth-order valence-corrected chi connectivity index (χ4v) is 2.62. The van der Waals surface area contributed by atoms with Crippen LogP contribution in [0.1, 0.15) is 23.2 Å². The van der Waals surface area contributed by atoms with Gasteiger partial charge in [0.1, 0.15) is 0 Å². The number of anilines is 1.